The van der Waals surface area contributed by atoms with Crippen molar-refractivity contribution in [1.29, 1.82) is 0 Å². The minimum Gasteiger partial charge on any atom is -0.339 e. The summed E-state index contributed by atoms with van der Waals surface area (Å²) in [5.74, 6) is 0.797. The number of nitrogens with zero attached hydrogens (tertiary/aromatic N) is 2. The van der Waals surface area contributed by atoms with Crippen molar-refractivity contribution in [1.82, 2.24) is 10.1 Å². The van der Waals surface area contributed by atoms with Crippen LogP contribution in [0.1, 0.15) is 34.6 Å². The molecule has 26 heavy (non-hydrogen) atoms. The van der Waals surface area contributed by atoms with Gasteiger partial charge in [0.05, 0.1) is 17.0 Å². The summed E-state index contributed by atoms with van der Waals surface area (Å²) in [5.41, 5.74) is 1.59. The lowest BCUT2D eigenvalue weighted by Crippen LogP contribution is -2.14. The van der Waals surface area contributed by atoms with Gasteiger partial charge < -0.3 is 4.52 Å². The van der Waals surface area contributed by atoms with Gasteiger partial charge >= 0.3 is 0 Å². The number of sulfonamides is 1. The second-order valence-electron chi connectivity index (χ2n) is 5.76. The van der Waals surface area contributed by atoms with Gasteiger partial charge in [-0.15, -0.1) is 0 Å². The van der Waals surface area contributed by atoms with Gasteiger partial charge in [0.2, 0.25) is 5.89 Å². The SMILES string of the molecule is CC(=O)c1ccc(S(=O)(=O)Nc2ccccc2Cc2nc(C)no2)cc1. The van der Waals surface area contributed by atoms with Crippen molar-refractivity contribution >= 4 is 21.5 Å². The Morgan fingerprint density at radius 3 is 2.42 bits per heavy atom. The normalized spacial score (nSPS) is 11.3. The van der Waals surface area contributed by atoms with E-state index >= 15 is 0 Å². The first-order valence-corrected chi connectivity index (χ1v) is 9.34. The van der Waals surface area contributed by atoms with Crippen LogP contribution in [0.15, 0.2) is 57.9 Å². The Morgan fingerprint density at radius 1 is 1.12 bits per heavy atom. The lowest BCUT2D eigenvalue weighted by Gasteiger charge is -2.12. The number of anilines is 1. The van der Waals surface area contributed by atoms with Crippen LogP contribution in [-0.4, -0.2) is 24.3 Å². The molecule has 3 aromatic rings. The standard InChI is InChI=1S/C18H17N3O4S/c1-12(22)14-7-9-16(10-8-14)26(23,24)21-17-6-4-3-5-15(17)11-18-19-13(2)20-25-18/h3-10,21H,11H2,1-2H3. The van der Waals surface area contributed by atoms with Gasteiger partial charge in [0.15, 0.2) is 11.6 Å². The van der Waals surface area contributed by atoms with E-state index < -0.39 is 10.0 Å². The maximum Gasteiger partial charge on any atom is 0.261 e. The van der Waals surface area contributed by atoms with Crippen molar-refractivity contribution < 1.29 is 17.7 Å². The Labute approximate surface area is 151 Å². The van der Waals surface area contributed by atoms with E-state index in [1.165, 1.54) is 31.2 Å². The third-order valence-electron chi connectivity index (χ3n) is 3.74. The average Bonchev–Trinajstić information content (AvgIpc) is 3.01. The third kappa shape index (κ3) is 3.97. The Hall–Kier alpha value is -3.00. The summed E-state index contributed by atoms with van der Waals surface area (Å²) in [6, 6.07) is 12.8. The zero-order chi connectivity index (χ0) is 18.7. The zero-order valence-electron chi connectivity index (χ0n) is 14.3. The molecule has 0 radical (unpaired) electrons. The van der Waals surface area contributed by atoms with E-state index in [2.05, 4.69) is 14.9 Å². The number of hydrogen-bond donors (Lipinski definition) is 1. The number of rotatable bonds is 6. The summed E-state index contributed by atoms with van der Waals surface area (Å²) in [6.07, 6.45) is 0.308. The van der Waals surface area contributed by atoms with Crippen LogP contribution < -0.4 is 4.72 Å². The van der Waals surface area contributed by atoms with Gasteiger partial charge in [0, 0.05) is 5.56 Å². The van der Waals surface area contributed by atoms with Crippen molar-refractivity contribution in [3.63, 3.8) is 0 Å². The molecule has 0 atom stereocenters. The molecule has 0 bridgehead atoms. The minimum atomic E-state index is -3.79. The smallest absolute Gasteiger partial charge is 0.261 e. The van der Waals surface area contributed by atoms with E-state index in [-0.39, 0.29) is 10.7 Å². The Kier molecular flexibility index (Phi) is 4.85. The highest BCUT2D eigenvalue weighted by Crippen LogP contribution is 2.22. The number of nitrogens with one attached hydrogen (secondary N) is 1. The summed E-state index contributed by atoms with van der Waals surface area (Å²) in [4.78, 5) is 15.5. The highest BCUT2D eigenvalue weighted by atomic mass is 32.2. The molecule has 1 N–H and O–H groups in total. The van der Waals surface area contributed by atoms with E-state index in [4.69, 9.17) is 4.52 Å². The van der Waals surface area contributed by atoms with Gasteiger partial charge in [0.25, 0.3) is 10.0 Å². The molecule has 0 unspecified atom stereocenters. The first-order valence-electron chi connectivity index (χ1n) is 7.86. The molecule has 2 aromatic carbocycles. The summed E-state index contributed by atoms with van der Waals surface area (Å²) < 4.78 is 33.0. The van der Waals surface area contributed by atoms with Crippen LogP contribution in [0.2, 0.25) is 0 Å². The fourth-order valence-electron chi connectivity index (χ4n) is 2.42. The Bertz CT molecular complexity index is 1040. The summed E-state index contributed by atoms with van der Waals surface area (Å²) in [5, 5.41) is 3.73. The molecule has 0 aliphatic carbocycles. The largest absolute Gasteiger partial charge is 0.339 e. The Morgan fingerprint density at radius 2 is 1.81 bits per heavy atom. The quantitative estimate of drug-likeness (QED) is 0.668. The highest BCUT2D eigenvalue weighted by molar-refractivity contribution is 7.92. The topological polar surface area (TPSA) is 102 Å². The van der Waals surface area contributed by atoms with Crippen molar-refractivity contribution in [2.45, 2.75) is 25.2 Å². The molecular weight excluding hydrogens is 354 g/mol. The molecule has 1 heterocycles. The molecule has 0 amide bonds. The summed E-state index contributed by atoms with van der Waals surface area (Å²) in [7, 11) is -3.79. The van der Waals surface area contributed by atoms with Crippen LogP contribution in [0, 0.1) is 6.92 Å². The number of Topliss-reactive ketones (excluding diaryl/α,β-unsaturated/α-hetero) is 1. The van der Waals surface area contributed by atoms with Crippen LogP contribution in [0.3, 0.4) is 0 Å². The molecule has 3 rings (SSSR count). The third-order valence-corrected chi connectivity index (χ3v) is 5.13. The number of carbonyl (C=O) groups is 1. The number of hydrogen-bond acceptors (Lipinski definition) is 6. The number of aromatic nitrogens is 2. The fourth-order valence-corrected chi connectivity index (χ4v) is 3.52. The molecule has 0 aliphatic rings. The van der Waals surface area contributed by atoms with Crippen molar-refractivity contribution in [2.24, 2.45) is 0 Å². The predicted octanol–water partition coefficient (Wildman–Crippen LogP) is 2.97. The predicted molar refractivity (Wildman–Crippen MR) is 95.5 cm³/mol. The molecule has 7 nitrogen and oxygen atoms in total. The average molecular weight is 371 g/mol. The lowest BCUT2D eigenvalue weighted by molar-refractivity contribution is 0.101. The van der Waals surface area contributed by atoms with Crippen LogP contribution in [0.4, 0.5) is 5.69 Å². The van der Waals surface area contributed by atoms with Crippen LogP contribution in [0.5, 0.6) is 0 Å². The molecule has 1 aromatic heterocycles. The number of ketones is 1. The second kappa shape index (κ2) is 7.09. The number of benzene rings is 2. The van der Waals surface area contributed by atoms with Crippen molar-refractivity contribution in [3.05, 3.63) is 71.4 Å². The number of para-hydroxylation sites is 1. The summed E-state index contributed by atoms with van der Waals surface area (Å²) in [6.45, 7) is 3.14. The second-order valence-corrected chi connectivity index (χ2v) is 7.44. The molecule has 0 aliphatic heterocycles. The molecule has 8 heteroatoms. The van der Waals surface area contributed by atoms with Gasteiger partial charge in [-0.2, -0.15) is 4.98 Å². The highest BCUT2D eigenvalue weighted by Gasteiger charge is 2.17. The van der Waals surface area contributed by atoms with Gasteiger partial charge in [0.1, 0.15) is 0 Å². The van der Waals surface area contributed by atoms with Crippen LogP contribution in [-0.2, 0) is 16.4 Å². The maximum atomic E-state index is 12.6. The maximum absolute atomic E-state index is 12.6. The van der Waals surface area contributed by atoms with Gasteiger partial charge in [-0.05, 0) is 37.6 Å². The molecular formula is C18H17N3O4S. The van der Waals surface area contributed by atoms with Gasteiger partial charge in [-0.25, -0.2) is 8.42 Å². The molecule has 0 saturated carbocycles. The first-order chi connectivity index (χ1) is 12.3. The molecule has 0 spiro atoms. The monoisotopic (exact) mass is 371 g/mol. The Balaban J connectivity index is 1.86. The minimum absolute atomic E-state index is 0.0749. The lowest BCUT2D eigenvalue weighted by atomic mass is 10.1. The van der Waals surface area contributed by atoms with Gasteiger partial charge in [-0.3, -0.25) is 9.52 Å². The number of carbonyl (C=O) groups excluding carboxylic acids is 1. The van der Waals surface area contributed by atoms with Crippen LogP contribution in [0.25, 0.3) is 0 Å². The molecule has 134 valence electrons. The molecule has 0 fully saturated rings. The van der Waals surface area contributed by atoms with E-state index in [1.807, 2.05) is 0 Å². The van der Waals surface area contributed by atoms with E-state index in [9.17, 15) is 13.2 Å². The zero-order valence-corrected chi connectivity index (χ0v) is 15.1. The van der Waals surface area contributed by atoms with Crippen LogP contribution >= 0.6 is 0 Å². The molecule has 0 saturated heterocycles. The first kappa shape index (κ1) is 17.8. The summed E-state index contributed by atoms with van der Waals surface area (Å²) >= 11 is 0. The van der Waals surface area contributed by atoms with Crippen molar-refractivity contribution in [3.8, 4) is 0 Å². The van der Waals surface area contributed by atoms with E-state index in [0.29, 0.717) is 35.0 Å². The van der Waals surface area contributed by atoms with E-state index in [1.54, 1.807) is 31.2 Å². The number of aryl methyl sites for hydroxylation is 1. The fraction of sp³-hybridized carbons (Fsp3) is 0.167. The van der Waals surface area contributed by atoms with Crippen molar-refractivity contribution in [2.75, 3.05) is 4.72 Å². The van der Waals surface area contributed by atoms with Gasteiger partial charge in [-0.1, -0.05) is 35.5 Å². The van der Waals surface area contributed by atoms with E-state index in [0.717, 1.165) is 0 Å².